The van der Waals surface area contributed by atoms with Crippen molar-refractivity contribution in [1.82, 2.24) is 5.32 Å². The highest BCUT2D eigenvalue weighted by molar-refractivity contribution is 6.33. The second-order valence-corrected chi connectivity index (χ2v) is 5.20. The molecule has 1 aliphatic heterocycles. The third kappa shape index (κ3) is 2.60. The van der Waals surface area contributed by atoms with Gasteiger partial charge in [-0.25, -0.2) is 0 Å². The Labute approximate surface area is 122 Å². The van der Waals surface area contributed by atoms with Gasteiger partial charge in [0.25, 0.3) is 0 Å². The molecule has 2 nitrogen and oxygen atoms in total. The summed E-state index contributed by atoms with van der Waals surface area (Å²) in [4.78, 5) is 4.43. The summed E-state index contributed by atoms with van der Waals surface area (Å²) in [5, 5.41) is 4.71. The Morgan fingerprint density at radius 3 is 2.37 bits per heavy atom. The van der Waals surface area contributed by atoms with Gasteiger partial charge in [-0.05, 0) is 35.9 Å². The summed E-state index contributed by atoms with van der Waals surface area (Å²) in [5.41, 5.74) is 3.11. The van der Waals surface area contributed by atoms with Gasteiger partial charge < -0.3 is 5.32 Å². The molecule has 1 N–H and O–H groups in total. The van der Waals surface area contributed by atoms with Crippen molar-refractivity contribution in [3.63, 3.8) is 0 Å². The Bertz CT molecular complexity index is 633. The molecule has 0 aliphatic carbocycles. The van der Waals surface area contributed by atoms with Crippen molar-refractivity contribution >= 4 is 29.0 Å². The first kappa shape index (κ1) is 12.5. The fraction of sp³-hybridized carbons (Fsp3) is 0.133. The van der Waals surface area contributed by atoms with Crippen LogP contribution in [0.2, 0.25) is 10.0 Å². The average Bonchev–Trinajstić information content (AvgIpc) is 2.94. The first-order valence-corrected chi connectivity index (χ1v) is 6.84. The first-order chi connectivity index (χ1) is 9.24. The van der Waals surface area contributed by atoms with E-state index in [4.69, 9.17) is 23.2 Å². The van der Waals surface area contributed by atoms with E-state index in [0.717, 1.165) is 45.7 Å². The molecule has 0 spiro atoms. The van der Waals surface area contributed by atoms with E-state index in [0.29, 0.717) is 0 Å². The van der Waals surface area contributed by atoms with E-state index in [-0.39, 0.29) is 0 Å². The molecule has 0 amide bonds. The van der Waals surface area contributed by atoms with Crippen LogP contribution in [0.5, 0.6) is 0 Å². The lowest BCUT2D eigenvalue weighted by molar-refractivity contribution is 0.960. The molecular weight excluding hydrogens is 279 g/mol. The number of nitrogens with zero attached hydrogens (tertiary/aromatic N) is 1. The Kier molecular flexibility index (Phi) is 3.45. The molecular formula is C15H12Cl2N2. The van der Waals surface area contributed by atoms with Gasteiger partial charge in [-0.2, -0.15) is 0 Å². The van der Waals surface area contributed by atoms with Crippen LogP contribution in [0.1, 0.15) is 5.56 Å². The lowest BCUT2D eigenvalue weighted by Gasteiger charge is -2.08. The van der Waals surface area contributed by atoms with Crippen LogP contribution in [-0.2, 0) is 0 Å². The molecule has 0 saturated heterocycles. The van der Waals surface area contributed by atoms with Crippen molar-refractivity contribution in [2.24, 2.45) is 4.99 Å². The summed E-state index contributed by atoms with van der Waals surface area (Å²) >= 11 is 12.2. The van der Waals surface area contributed by atoms with Gasteiger partial charge >= 0.3 is 0 Å². The van der Waals surface area contributed by atoms with E-state index in [2.05, 4.69) is 16.4 Å². The number of halogens is 2. The fourth-order valence-electron chi connectivity index (χ4n) is 2.11. The van der Waals surface area contributed by atoms with Crippen LogP contribution < -0.4 is 5.32 Å². The minimum absolute atomic E-state index is 0.720. The summed E-state index contributed by atoms with van der Waals surface area (Å²) < 4.78 is 0. The second-order valence-electron chi connectivity index (χ2n) is 4.36. The van der Waals surface area contributed by atoms with Crippen molar-refractivity contribution in [3.05, 3.63) is 58.1 Å². The largest absolute Gasteiger partial charge is 0.368 e. The molecule has 96 valence electrons. The smallest absolute Gasteiger partial charge is 0.128 e. The molecule has 0 bridgehead atoms. The third-order valence-electron chi connectivity index (χ3n) is 3.07. The van der Waals surface area contributed by atoms with Crippen LogP contribution in [0.25, 0.3) is 11.1 Å². The van der Waals surface area contributed by atoms with E-state index in [1.807, 2.05) is 36.4 Å². The number of aliphatic imine (C=N–C) groups is 1. The van der Waals surface area contributed by atoms with Gasteiger partial charge in [0.05, 0.1) is 6.54 Å². The topological polar surface area (TPSA) is 24.4 Å². The SMILES string of the molecule is Clc1ccc(-c2cc(C3=NCCN3)ccc2Cl)cc1. The van der Waals surface area contributed by atoms with E-state index in [1.165, 1.54) is 0 Å². The molecule has 2 aromatic carbocycles. The Balaban J connectivity index is 2.05. The maximum Gasteiger partial charge on any atom is 0.128 e. The quantitative estimate of drug-likeness (QED) is 0.888. The summed E-state index contributed by atoms with van der Waals surface area (Å²) in [6, 6.07) is 13.6. The normalized spacial score (nSPS) is 14.1. The highest BCUT2D eigenvalue weighted by atomic mass is 35.5. The average molecular weight is 291 g/mol. The molecule has 0 fully saturated rings. The van der Waals surface area contributed by atoms with Gasteiger partial charge in [0.1, 0.15) is 5.84 Å². The van der Waals surface area contributed by atoms with Gasteiger partial charge in [0.2, 0.25) is 0 Å². The van der Waals surface area contributed by atoms with Crippen LogP contribution in [0.3, 0.4) is 0 Å². The third-order valence-corrected chi connectivity index (χ3v) is 3.65. The highest BCUT2D eigenvalue weighted by Crippen LogP contribution is 2.30. The molecule has 0 radical (unpaired) electrons. The predicted molar refractivity (Wildman–Crippen MR) is 81.3 cm³/mol. The first-order valence-electron chi connectivity index (χ1n) is 6.08. The zero-order chi connectivity index (χ0) is 13.2. The van der Waals surface area contributed by atoms with Crippen LogP contribution in [0.4, 0.5) is 0 Å². The summed E-state index contributed by atoms with van der Waals surface area (Å²) in [7, 11) is 0. The van der Waals surface area contributed by atoms with Crippen molar-refractivity contribution in [2.75, 3.05) is 13.1 Å². The Morgan fingerprint density at radius 2 is 1.68 bits per heavy atom. The monoisotopic (exact) mass is 290 g/mol. The van der Waals surface area contributed by atoms with Crippen molar-refractivity contribution < 1.29 is 0 Å². The minimum atomic E-state index is 0.720. The molecule has 19 heavy (non-hydrogen) atoms. The summed E-state index contributed by atoms with van der Waals surface area (Å²) in [6.07, 6.45) is 0. The number of rotatable bonds is 2. The summed E-state index contributed by atoms with van der Waals surface area (Å²) in [6.45, 7) is 1.72. The van der Waals surface area contributed by atoms with Crippen LogP contribution in [0, 0.1) is 0 Å². The van der Waals surface area contributed by atoms with Gasteiger partial charge in [0.15, 0.2) is 0 Å². The zero-order valence-corrected chi connectivity index (χ0v) is 11.7. The molecule has 3 rings (SSSR count). The van der Waals surface area contributed by atoms with Crippen LogP contribution in [-0.4, -0.2) is 18.9 Å². The second kappa shape index (κ2) is 5.24. The molecule has 2 aromatic rings. The molecule has 0 aromatic heterocycles. The number of nitrogens with one attached hydrogen (secondary N) is 1. The number of hydrogen-bond donors (Lipinski definition) is 1. The van der Waals surface area contributed by atoms with Gasteiger partial charge in [-0.3, -0.25) is 4.99 Å². The molecule has 0 atom stereocenters. The molecule has 0 saturated carbocycles. The van der Waals surface area contributed by atoms with E-state index >= 15 is 0 Å². The lowest BCUT2D eigenvalue weighted by Crippen LogP contribution is -2.19. The van der Waals surface area contributed by atoms with Crippen molar-refractivity contribution in [1.29, 1.82) is 0 Å². The van der Waals surface area contributed by atoms with E-state index in [9.17, 15) is 0 Å². The van der Waals surface area contributed by atoms with Crippen LogP contribution >= 0.6 is 23.2 Å². The Morgan fingerprint density at radius 1 is 0.947 bits per heavy atom. The number of amidine groups is 1. The lowest BCUT2D eigenvalue weighted by atomic mass is 10.0. The molecule has 1 heterocycles. The van der Waals surface area contributed by atoms with E-state index < -0.39 is 0 Å². The van der Waals surface area contributed by atoms with Crippen LogP contribution in [0.15, 0.2) is 47.5 Å². The molecule has 0 unspecified atom stereocenters. The maximum absolute atomic E-state index is 6.28. The Hall–Kier alpha value is -1.51. The maximum atomic E-state index is 6.28. The molecule has 4 heteroatoms. The number of benzene rings is 2. The van der Waals surface area contributed by atoms with Gasteiger partial charge in [-0.15, -0.1) is 0 Å². The van der Waals surface area contributed by atoms with Gasteiger partial charge in [0, 0.05) is 27.7 Å². The fourth-order valence-corrected chi connectivity index (χ4v) is 2.47. The molecule has 1 aliphatic rings. The number of hydrogen-bond acceptors (Lipinski definition) is 2. The van der Waals surface area contributed by atoms with Crippen molar-refractivity contribution in [2.45, 2.75) is 0 Å². The summed E-state index contributed by atoms with van der Waals surface area (Å²) in [5.74, 6) is 0.937. The van der Waals surface area contributed by atoms with Gasteiger partial charge in [-0.1, -0.05) is 35.3 Å². The highest BCUT2D eigenvalue weighted by Gasteiger charge is 2.11. The predicted octanol–water partition coefficient (Wildman–Crippen LogP) is 4.01. The van der Waals surface area contributed by atoms with Crippen molar-refractivity contribution in [3.8, 4) is 11.1 Å². The standard InChI is InChI=1S/C15H12Cl2N2/c16-12-4-1-10(2-5-12)13-9-11(3-6-14(13)17)15-18-7-8-19-15/h1-6,9H,7-8H2,(H,18,19). The zero-order valence-electron chi connectivity index (χ0n) is 10.2. The van der Waals surface area contributed by atoms with E-state index in [1.54, 1.807) is 0 Å². The minimum Gasteiger partial charge on any atom is -0.368 e.